The van der Waals surface area contributed by atoms with Crippen LogP contribution in [-0.4, -0.2) is 5.84 Å². The Labute approximate surface area is 117 Å². The summed E-state index contributed by atoms with van der Waals surface area (Å²) in [4.78, 5) is 0. The van der Waals surface area contributed by atoms with Gasteiger partial charge in [-0.05, 0) is 30.7 Å². The molecule has 0 saturated carbocycles. The Morgan fingerprint density at radius 1 is 1.26 bits per heavy atom. The molecule has 0 bridgehead atoms. The second-order valence-electron chi connectivity index (χ2n) is 4.33. The molecule has 0 aliphatic heterocycles. The predicted molar refractivity (Wildman–Crippen MR) is 78.0 cm³/mol. The van der Waals surface area contributed by atoms with Gasteiger partial charge in [0, 0.05) is 16.1 Å². The first-order chi connectivity index (χ1) is 9.06. The van der Waals surface area contributed by atoms with E-state index < -0.39 is 0 Å². The maximum Gasteiger partial charge on any atom is 0.122 e. The molecule has 0 aromatic heterocycles. The molecule has 0 aliphatic carbocycles. The Balaban J connectivity index is 2.10. The van der Waals surface area contributed by atoms with Crippen molar-refractivity contribution in [3.8, 4) is 5.75 Å². The minimum Gasteiger partial charge on any atom is -0.489 e. The fourth-order valence-corrected chi connectivity index (χ4v) is 1.93. The number of nitrogens with two attached hydrogens (primary N) is 1. The number of hydrogen-bond acceptors (Lipinski definition) is 2. The van der Waals surface area contributed by atoms with Gasteiger partial charge in [-0.3, -0.25) is 5.41 Å². The second kappa shape index (κ2) is 5.76. The number of nitrogens with one attached hydrogen (secondary N) is 1. The topological polar surface area (TPSA) is 59.1 Å². The highest BCUT2D eigenvalue weighted by Gasteiger charge is 2.05. The molecule has 2 aromatic carbocycles. The van der Waals surface area contributed by atoms with Gasteiger partial charge in [0.1, 0.15) is 18.2 Å². The van der Waals surface area contributed by atoms with Crippen molar-refractivity contribution in [3.05, 3.63) is 64.2 Å². The Hall–Kier alpha value is -2.00. The third kappa shape index (κ3) is 3.48. The Kier molecular flexibility index (Phi) is 4.07. The summed E-state index contributed by atoms with van der Waals surface area (Å²) >= 11 is 6.14. The summed E-state index contributed by atoms with van der Waals surface area (Å²) in [5.41, 5.74) is 8.04. The molecule has 0 unspecified atom stereocenters. The minimum atomic E-state index is 0.00746. The zero-order chi connectivity index (χ0) is 13.8. The highest BCUT2D eigenvalue weighted by atomic mass is 35.5. The molecule has 0 radical (unpaired) electrons. The maximum atomic E-state index is 7.35. The van der Waals surface area contributed by atoms with Gasteiger partial charge in [0.25, 0.3) is 0 Å². The third-order valence-corrected chi connectivity index (χ3v) is 3.10. The van der Waals surface area contributed by atoms with E-state index in [9.17, 15) is 0 Å². The zero-order valence-corrected chi connectivity index (χ0v) is 11.4. The molecule has 0 amide bonds. The van der Waals surface area contributed by atoms with Crippen LogP contribution in [0.4, 0.5) is 0 Å². The smallest absolute Gasteiger partial charge is 0.122 e. The van der Waals surface area contributed by atoms with Crippen molar-refractivity contribution >= 4 is 17.4 Å². The maximum absolute atomic E-state index is 7.35. The van der Waals surface area contributed by atoms with Crippen LogP contribution in [0.3, 0.4) is 0 Å². The van der Waals surface area contributed by atoms with E-state index >= 15 is 0 Å². The molecule has 2 rings (SSSR count). The molecule has 0 heterocycles. The summed E-state index contributed by atoms with van der Waals surface area (Å²) in [6.07, 6.45) is 0. The number of amidine groups is 1. The molecule has 0 atom stereocenters. The first kappa shape index (κ1) is 13.4. The summed E-state index contributed by atoms with van der Waals surface area (Å²) in [5.74, 6) is 0.819. The van der Waals surface area contributed by atoms with E-state index in [0.717, 1.165) is 16.9 Å². The summed E-state index contributed by atoms with van der Waals surface area (Å²) in [6, 6.07) is 13.1. The highest BCUT2D eigenvalue weighted by Crippen LogP contribution is 2.20. The molecule has 4 heteroatoms. The molecule has 19 heavy (non-hydrogen) atoms. The van der Waals surface area contributed by atoms with Gasteiger partial charge < -0.3 is 10.5 Å². The Morgan fingerprint density at radius 3 is 2.68 bits per heavy atom. The van der Waals surface area contributed by atoms with E-state index in [0.29, 0.717) is 17.2 Å². The lowest BCUT2D eigenvalue weighted by atomic mass is 10.1. The second-order valence-corrected chi connectivity index (χ2v) is 4.73. The van der Waals surface area contributed by atoms with Gasteiger partial charge in [0.15, 0.2) is 0 Å². The third-order valence-electron chi connectivity index (χ3n) is 2.75. The van der Waals surface area contributed by atoms with Gasteiger partial charge in [0.2, 0.25) is 0 Å². The van der Waals surface area contributed by atoms with Crippen LogP contribution in [0.5, 0.6) is 5.75 Å². The van der Waals surface area contributed by atoms with Crippen molar-refractivity contribution in [2.24, 2.45) is 5.73 Å². The summed E-state index contributed by atoms with van der Waals surface area (Å²) < 4.78 is 5.68. The number of halogens is 1. The zero-order valence-electron chi connectivity index (χ0n) is 10.6. The van der Waals surface area contributed by atoms with Crippen molar-refractivity contribution in [3.63, 3.8) is 0 Å². The number of hydrogen-bond donors (Lipinski definition) is 2. The Morgan fingerprint density at radius 2 is 2.05 bits per heavy atom. The number of aryl methyl sites for hydroxylation is 1. The molecular weight excluding hydrogens is 260 g/mol. The molecule has 3 nitrogen and oxygen atoms in total. The average Bonchev–Trinajstić information content (AvgIpc) is 2.37. The lowest BCUT2D eigenvalue weighted by Crippen LogP contribution is -2.11. The van der Waals surface area contributed by atoms with Crippen LogP contribution in [0.15, 0.2) is 42.5 Å². The SMILES string of the molecule is Cc1cccc(OCc2ccc(C(=N)N)cc2Cl)c1. The normalized spacial score (nSPS) is 10.2. The first-order valence-electron chi connectivity index (χ1n) is 5.88. The number of ether oxygens (including phenoxy) is 1. The molecular formula is C15H15ClN2O. The van der Waals surface area contributed by atoms with E-state index in [1.54, 1.807) is 12.1 Å². The fraction of sp³-hybridized carbons (Fsp3) is 0.133. The van der Waals surface area contributed by atoms with Gasteiger partial charge in [-0.1, -0.05) is 35.9 Å². The quantitative estimate of drug-likeness (QED) is 0.662. The molecule has 98 valence electrons. The lowest BCUT2D eigenvalue weighted by Gasteiger charge is -2.09. The molecule has 0 spiro atoms. The standard InChI is InChI=1S/C15H15ClN2O/c1-10-3-2-4-13(7-10)19-9-12-6-5-11(15(17)18)8-14(12)16/h2-8H,9H2,1H3,(H3,17,18). The average molecular weight is 275 g/mol. The first-order valence-corrected chi connectivity index (χ1v) is 6.26. The molecule has 2 aromatic rings. The predicted octanol–water partition coefficient (Wildman–Crippen LogP) is 3.51. The van der Waals surface area contributed by atoms with Crippen molar-refractivity contribution in [1.29, 1.82) is 5.41 Å². The van der Waals surface area contributed by atoms with E-state index in [4.69, 9.17) is 27.5 Å². The Bertz CT molecular complexity index is 611. The lowest BCUT2D eigenvalue weighted by molar-refractivity contribution is 0.306. The fourth-order valence-electron chi connectivity index (χ4n) is 1.70. The largest absolute Gasteiger partial charge is 0.489 e. The molecule has 0 fully saturated rings. The monoisotopic (exact) mass is 274 g/mol. The van der Waals surface area contributed by atoms with Crippen LogP contribution in [0, 0.1) is 12.3 Å². The summed E-state index contributed by atoms with van der Waals surface area (Å²) in [7, 11) is 0. The summed E-state index contributed by atoms with van der Waals surface area (Å²) in [6.45, 7) is 2.40. The van der Waals surface area contributed by atoms with Crippen LogP contribution < -0.4 is 10.5 Å². The van der Waals surface area contributed by atoms with Crippen molar-refractivity contribution < 1.29 is 4.74 Å². The van der Waals surface area contributed by atoms with Crippen molar-refractivity contribution in [2.45, 2.75) is 13.5 Å². The number of nitrogen functional groups attached to an aromatic ring is 1. The van der Waals surface area contributed by atoms with E-state index in [-0.39, 0.29) is 5.84 Å². The number of benzene rings is 2. The van der Waals surface area contributed by atoms with Crippen LogP contribution in [0.25, 0.3) is 0 Å². The minimum absolute atomic E-state index is 0.00746. The van der Waals surface area contributed by atoms with Gasteiger partial charge in [-0.2, -0.15) is 0 Å². The van der Waals surface area contributed by atoms with Gasteiger partial charge in [-0.15, -0.1) is 0 Å². The molecule has 0 saturated heterocycles. The van der Waals surface area contributed by atoms with Gasteiger partial charge in [0.05, 0.1) is 0 Å². The molecule has 0 aliphatic rings. The van der Waals surface area contributed by atoms with Crippen LogP contribution >= 0.6 is 11.6 Å². The highest BCUT2D eigenvalue weighted by molar-refractivity contribution is 6.31. The summed E-state index contributed by atoms with van der Waals surface area (Å²) in [5, 5.41) is 7.91. The van der Waals surface area contributed by atoms with Crippen molar-refractivity contribution in [2.75, 3.05) is 0 Å². The van der Waals surface area contributed by atoms with Crippen LogP contribution in [0.1, 0.15) is 16.7 Å². The van der Waals surface area contributed by atoms with E-state index in [1.165, 1.54) is 0 Å². The van der Waals surface area contributed by atoms with Crippen LogP contribution in [-0.2, 0) is 6.61 Å². The van der Waals surface area contributed by atoms with Gasteiger partial charge in [-0.25, -0.2) is 0 Å². The van der Waals surface area contributed by atoms with Crippen molar-refractivity contribution in [1.82, 2.24) is 0 Å². The van der Waals surface area contributed by atoms with Crippen LogP contribution in [0.2, 0.25) is 5.02 Å². The van der Waals surface area contributed by atoms with E-state index in [2.05, 4.69) is 0 Å². The van der Waals surface area contributed by atoms with Gasteiger partial charge >= 0.3 is 0 Å². The van der Waals surface area contributed by atoms with E-state index in [1.807, 2.05) is 37.3 Å². The molecule has 3 N–H and O–H groups in total. The number of rotatable bonds is 4.